The Labute approximate surface area is 116 Å². The van der Waals surface area contributed by atoms with Crippen molar-refractivity contribution in [2.24, 2.45) is 0 Å². The summed E-state index contributed by atoms with van der Waals surface area (Å²) in [6, 6.07) is 0. The lowest BCUT2D eigenvalue weighted by molar-refractivity contribution is 0.0117. The fourth-order valence-corrected chi connectivity index (χ4v) is 2.40. The lowest BCUT2D eigenvalue weighted by Crippen LogP contribution is -2.41. The van der Waals surface area contributed by atoms with Gasteiger partial charge in [0.2, 0.25) is 0 Å². The van der Waals surface area contributed by atoms with E-state index in [0.29, 0.717) is 30.1 Å². The molecule has 0 amide bonds. The van der Waals surface area contributed by atoms with Crippen molar-refractivity contribution in [2.45, 2.75) is 12.6 Å². The number of nitrogens with two attached hydrogens (primary N) is 1. The largest absolute Gasteiger partial charge is 0.390 e. The molecule has 2 aromatic rings. The van der Waals surface area contributed by atoms with Crippen LogP contribution in [0.3, 0.4) is 0 Å². The number of ether oxygens (including phenoxy) is 1. The van der Waals surface area contributed by atoms with Crippen LogP contribution in [0.15, 0.2) is 12.7 Å². The number of β-amino-alcohol motifs (C(OH)–C–C–N with tert-alkyl or cyclic N) is 1. The van der Waals surface area contributed by atoms with E-state index in [0.717, 1.165) is 26.3 Å². The number of aliphatic hydroxyl groups excluding tert-OH is 1. The SMILES string of the molecule is Nc1ncnc2c1ncn2C[C@@H](O)CN1CCOCC1. The average Bonchev–Trinajstić information content (AvgIpc) is 2.84. The molecule has 3 N–H and O–H groups in total. The average molecular weight is 278 g/mol. The molecule has 1 aliphatic rings. The lowest BCUT2D eigenvalue weighted by Gasteiger charge is -2.28. The summed E-state index contributed by atoms with van der Waals surface area (Å²) in [5.41, 5.74) is 6.96. The number of nitrogens with zero attached hydrogens (tertiary/aromatic N) is 5. The molecule has 8 heteroatoms. The molecule has 0 saturated carbocycles. The topological polar surface area (TPSA) is 102 Å². The highest BCUT2D eigenvalue weighted by Crippen LogP contribution is 2.14. The Kier molecular flexibility index (Phi) is 3.77. The van der Waals surface area contributed by atoms with Gasteiger partial charge in [-0.2, -0.15) is 0 Å². The van der Waals surface area contributed by atoms with Gasteiger partial charge in [0.1, 0.15) is 11.8 Å². The van der Waals surface area contributed by atoms with Gasteiger partial charge in [-0.25, -0.2) is 15.0 Å². The molecular formula is C12H18N6O2. The van der Waals surface area contributed by atoms with Crippen LogP contribution in [-0.2, 0) is 11.3 Å². The van der Waals surface area contributed by atoms with Gasteiger partial charge in [-0.05, 0) is 0 Å². The second-order valence-electron chi connectivity index (χ2n) is 4.89. The molecule has 8 nitrogen and oxygen atoms in total. The molecule has 1 fully saturated rings. The van der Waals surface area contributed by atoms with Gasteiger partial charge in [-0.3, -0.25) is 4.90 Å². The molecule has 0 radical (unpaired) electrons. The van der Waals surface area contributed by atoms with Gasteiger partial charge in [0.05, 0.1) is 32.2 Å². The number of rotatable bonds is 4. The van der Waals surface area contributed by atoms with Crippen molar-refractivity contribution in [3.8, 4) is 0 Å². The molecule has 0 spiro atoms. The van der Waals surface area contributed by atoms with Crippen LogP contribution in [0.5, 0.6) is 0 Å². The van der Waals surface area contributed by atoms with Crippen LogP contribution >= 0.6 is 0 Å². The van der Waals surface area contributed by atoms with Crippen LogP contribution in [0.25, 0.3) is 11.2 Å². The van der Waals surface area contributed by atoms with E-state index in [1.54, 1.807) is 10.9 Å². The maximum absolute atomic E-state index is 10.2. The summed E-state index contributed by atoms with van der Waals surface area (Å²) in [4.78, 5) is 14.4. The Morgan fingerprint density at radius 1 is 1.25 bits per heavy atom. The minimum Gasteiger partial charge on any atom is -0.390 e. The predicted molar refractivity (Wildman–Crippen MR) is 73.0 cm³/mol. The summed E-state index contributed by atoms with van der Waals surface area (Å²) in [5.74, 6) is 0.358. The van der Waals surface area contributed by atoms with Crippen molar-refractivity contribution in [1.29, 1.82) is 0 Å². The summed E-state index contributed by atoms with van der Waals surface area (Å²) in [7, 11) is 0. The first-order chi connectivity index (χ1) is 9.74. The van der Waals surface area contributed by atoms with Crippen molar-refractivity contribution < 1.29 is 9.84 Å². The second kappa shape index (κ2) is 5.70. The third-order valence-electron chi connectivity index (χ3n) is 3.41. The summed E-state index contributed by atoms with van der Waals surface area (Å²) in [5, 5.41) is 10.2. The molecular weight excluding hydrogens is 260 g/mol. The zero-order valence-electron chi connectivity index (χ0n) is 11.1. The normalized spacial score (nSPS) is 18.4. The van der Waals surface area contributed by atoms with Crippen molar-refractivity contribution in [2.75, 3.05) is 38.6 Å². The van der Waals surface area contributed by atoms with E-state index in [-0.39, 0.29) is 0 Å². The molecule has 1 saturated heterocycles. The minimum absolute atomic E-state index is 0.358. The van der Waals surface area contributed by atoms with Gasteiger partial charge in [0.25, 0.3) is 0 Å². The van der Waals surface area contributed by atoms with Gasteiger partial charge >= 0.3 is 0 Å². The minimum atomic E-state index is -0.485. The molecule has 0 aromatic carbocycles. The molecule has 108 valence electrons. The Morgan fingerprint density at radius 2 is 2.05 bits per heavy atom. The Bertz CT molecular complexity index is 580. The van der Waals surface area contributed by atoms with Crippen molar-refractivity contribution in [1.82, 2.24) is 24.4 Å². The zero-order chi connectivity index (χ0) is 13.9. The van der Waals surface area contributed by atoms with Crippen LogP contribution in [0, 0.1) is 0 Å². The van der Waals surface area contributed by atoms with E-state index < -0.39 is 6.10 Å². The van der Waals surface area contributed by atoms with E-state index in [2.05, 4.69) is 19.9 Å². The first kappa shape index (κ1) is 13.2. The molecule has 0 aliphatic carbocycles. The molecule has 20 heavy (non-hydrogen) atoms. The van der Waals surface area contributed by atoms with E-state index >= 15 is 0 Å². The van der Waals surface area contributed by atoms with Crippen LogP contribution in [0.4, 0.5) is 5.82 Å². The van der Waals surface area contributed by atoms with E-state index in [4.69, 9.17) is 10.5 Å². The molecule has 3 heterocycles. The first-order valence-corrected chi connectivity index (χ1v) is 6.63. The molecule has 2 aromatic heterocycles. The standard InChI is InChI=1S/C12H18N6O2/c13-11-10-12(15-7-14-11)18(8-16-10)6-9(19)5-17-1-3-20-4-2-17/h7-9,19H,1-6H2,(H2,13,14,15)/t9-/m0/s1. The third-order valence-corrected chi connectivity index (χ3v) is 3.41. The van der Waals surface area contributed by atoms with Gasteiger partial charge < -0.3 is 20.1 Å². The van der Waals surface area contributed by atoms with Gasteiger partial charge in [-0.1, -0.05) is 0 Å². The quantitative estimate of drug-likeness (QED) is 0.747. The lowest BCUT2D eigenvalue weighted by atomic mass is 10.3. The molecule has 0 bridgehead atoms. The second-order valence-corrected chi connectivity index (χ2v) is 4.89. The summed E-state index contributed by atoms with van der Waals surface area (Å²) < 4.78 is 7.09. The highest BCUT2D eigenvalue weighted by molar-refractivity contribution is 5.81. The van der Waals surface area contributed by atoms with Crippen molar-refractivity contribution in [3.05, 3.63) is 12.7 Å². The maximum Gasteiger partial charge on any atom is 0.165 e. The van der Waals surface area contributed by atoms with Crippen LogP contribution in [-0.4, -0.2) is 68.5 Å². The summed E-state index contributed by atoms with van der Waals surface area (Å²) >= 11 is 0. The Morgan fingerprint density at radius 3 is 2.85 bits per heavy atom. The monoisotopic (exact) mass is 278 g/mol. The fourth-order valence-electron chi connectivity index (χ4n) is 2.40. The van der Waals surface area contributed by atoms with E-state index in [9.17, 15) is 5.11 Å². The third kappa shape index (κ3) is 2.72. The molecule has 1 aliphatic heterocycles. The summed E-state index contributed by atoms with van der Waals surface area (Å²) in [6.07, 6.45) is 2.56. The molecule has 0 unspecified atom stereocenters. The Hall–Kier alpha value is -1.77. The zero-order valence-corrected chi connectivity index (χ0v) is 11.1. The van der Waals surface area contributed by atoms with Gasteiger partial charge in [0, 0.05) is 19.6 Å². The van der Waals surface area contributed by atoms with Crippen molar-refractivity contribution >= 4 is 17.0 Å². The number of fused-ring (bicyclic) bond motifs is 1. The molecule has 3 rings (SSSR count). The molecule has 1 atom stereocenters. The van der Waals surface area contributed by atoms with Crippen LogP contribution in [0.2, 0.25) is 0 Å². The van der Waals surface area contributed by atoms with E-state index in [1.807, 2.05) is 0 Å². The number of anilines is 1. The van der Waals surface area contributed by atoms with Crippen LogP contribution < -0.4 is 5.73 Å². The summed E-state index contributed by atoms with van der Waals surface area (Å²) in [6.45, 7) is 4.22. The van der Waals surface area contributed by atoms with Crippen molar-refractivity contribution in [3.63, 3.8) is 0 Å². The number of nitrogen functional groups attached to an aromatic ring is 1. The number of morpholine rings is 1. The highest BCUT2D eigenvalue weighted by atomic mass is 16.5. The van der Waals surface area contributed by atoms with E-state index in [1.165, 1.54) is 6.33 Å². The van der Waals surface area contributed by atoms with Crippen LogP contribution in [0.1, 0.15) is 0 Å². The van der Waals surface area contributed by atoms with Gasteiger partial charge in [-0.15, -0.1) is 0 Å². The number of imidazole rings is 1. The first-order valence-electron chi connectivity index (χ1n) is 6.63. The number of aliphatic hydroxyl groups is 1. The fraction of sp³-hybridized carbons (Fsp3) is 0.583. The number of aromatic nitrogens is 4. The van der Waals surface area contributed by atoms with Gasteiger partial charge in [0.15, 0.2) is 11.5 Å². The number of hydrogen-bond donors (Lipinski definition) is 2. The smallest absolute Gasteiger partial charge is 0.165 e. The Balaban J connectivity index is 1.68. The highest BCUT2D eigenvalue weighted by Gasteiger charge is 2.16. The number of hydrogen-bond acceptors (Lipinski definition) is 7. The maximum atomic E-state index is 10.2. The predicted octanol–water partition coefficient (Wildman–Crippen LogP) is -0.898.